The van der Waals surface area contributed by atoms with E-state index in [1.165, 1.54) is 28.6 Å². The summed E-state index contributed by atoms with van der Waals surface area (Å²) in [5.74, 6) is -1.18. The van der Waals surface area contributed by atoms with Gasteiger partial charge in [0.1, 0.15) is 22.9 Å². The lowest BCUT2D eigenvalue weighted by Crippen LogP contribution is -2.28. The van der Waals surface area contributed by atoms with Crippen molar-refractivity contribution in [1.82, 2.24) is 24.3 Å². The molecule has 15 heteroatoms. The van der Waals surface area contributed by atoms with Gasteiger partial charge in [-0.15, -0.1) is 0 Å². The first kappa shape index (κ1) is 36.4. The number of ether oxygens (including phenoxy) is 3. The third-order valence-electron chi connectivity index (χ3n) is 7.06. The van der Waals surface area contributed by atoms with E-state index < -0.39 is 23.6 Å². The Bertz CT molecular complexity index is 1910. The van der Waals surface area contributed by atoms with Crippen molar-refractivity contribution in [1.29, 1.82) is 5.26 Å². The lowest BCUT2D eigenvalue weighted by Gasteiger charge is -2.24. The second kappa shape index (κ2) is 15.2. The number of methoxy groups -OCH3 is 1. The molecular formula is C34H39ClN8O6. The van der Waals surface area contributed by atoms with Crippen LogP contribution in [-0.2, 0) is 21.3 Å². The van der Waals surface area contributed by atoms with Crippen molar-refractivity contribution in [2.24, 2.45) is 7.05 Å². The van der Waals surface area contributed by atoms with Crippen molar-refractivity contribution in [3.05, 3.63) is 86.2 Å². The topological polar surface area (TPSA) is 175 Å². The highest BCUT2D eigenvalue weighted by molar-refractivity contribution is 6.30. The summed E-state index contributed by atoms with van der Waals surface area (Å²) in [6, 6.07) is 9.74. The van der Waals surface area contributed by atoms with Crippen LogP contribution < -0.4 is 20.9 Å². The lowest BCUT2D eigenvalue weighted by molar-refractivity contribution is -0.152. The monoisotopic (exact) mass is 690 g/mol. The Hall–Kier alpha value is -5.42. The van der Waals surface area contributed by atoms with Gasteiger partial charge >= 0.3 is 11.9 Å². The van der Waals surface area contributed by atoms with E-state index >= 15 is 0 Å². The normalized spacial score (nSPS) is 11.9. The number of aryl methyl sites for hydroxylation is 1. The van der Waals surface area contributed by atoms with Gasteiger partial charge in [0.15, 0.2) is 5.69 Å². The minimum Gasteiger partial charge on any atom is -0.479 e. The Morgan fingerprint density at radius 3 is 2.43 bits per heavy atom. The number of benzene rings is 1. The molecule has 49 heavy (non-hydrogen) atoms. The van der Waals surface area contributed by atoms with Gasteiger partial charge in [0.25, 0.3) is 5.56 Å². The number of hydrogen-bond acceptors (Lipinski definition) is 12. The van der Waals surface area contributed by atoms with E-state index in [9.17, 15) is 19.6 Å². The highest BCUT2D eigenvalue weighted by Crippen LogP contribution is 2.38. The maximum Gasteiger partial charge on any atom is 0.359 e. The molecule has 0 radical (unpaired) electrons. The molecular weight excluding hydrogens is 652 g/mol. The third kappa shape index (κ3) is 8.55. The number of rotatable bonds is 12. The van der Waals surface area contributed by atoms with Gasteiger partial charge in [-0.25, -0.2) is 14.5 Å². The molecule has 0 fully saturated rings. The molecule has 1 aromatic carbocycles. The summed E-state index contributed by atoms with van der Waals surface area (Å²) in [5, 5.41) is 20.5. The van der Waals surface area contributed by atoms with Gasteiger partial charge in [-0.2, -0.15) is 15.3 Å². The zero-order chi connectivity index (χ0) is 36.0. The van der Waals surface area contributed by atoms with Gasteiger partial charge in [0.2, 0.25) is 11.8 Å². The number of nitrogens with one attached hydrogen (secondary N) is 2. The van der Waals surface area contributed by atoms with Gasteiger partial charge in [-0.3, -0.25) is 9.59 Å². The molecule has 0 bridgehead atoms. The SMILES string of the molecule is CCOC(=O)c1nn(-c2cnc(NCC(=O)OC(C)(C)C)nc2OC)c(C(C)C)c1C(Nc1cc(Cl)c(=O)n(C)c1)c1ccc(C#N)cc1. The first-order valence-corrected chi connectivity index (χ1v) is 15.8. The number of halogens is 1. The van der Waals surface area contributed by atoms with Crippen molar-refractivity contribution < 1.29 is 23.8 Å². The Morgan fingerprint density at radius 2 is 1.86 bits per heavy atom. The van der Waals surface area contributed by atoms with Crippen molar-refractivity contribution >= 4 is 35.2 Å². The van der Waals surface area contributed by atoms with E-state index in [2.05, 4.69) is 26.7 Å². The fourth-order valence-corrected chi connectivity index (χ4v) is 5.33. The smallest absolute Gasteiger partial charge is 0.359 e. The van der Waals surface area contributed by atoms with E-state index in [0.717, 1.165) is 0 Å². The minimum absolute atomic E-state index is 0.00118. The van der Waals surface area contributed by atoms with Gasteiger partial charge < -0.3 is 29.4 Å². The molecule has 2 N–H and O–H groups in total. The molecule has 4 aromatic rings. The Morgan fingerprint density at radius 1 is 1.16 bits per heavy atom. The number of carbonyl (C=O) groups excluding carboxylic acids is 2. The van der Waals surface area contributed by atoms with Crippen LogP contribution in [0.1, 0.15) is 86.4 Å². The fraction of sp³-hybridized carbons (Fsp3) is 0.382. The molecule has 0 saturated carbocycles. The average Bonchev–Trinajstić information content (AvgIpc) is 3.45. The number of pyridine rings is 1. The molecule has 1 unspecified atom stereocenters. The van der Waals surface area contributed by atoms with Crippen LogP contribution in [0.25, 0.3) is 5.69 Å². The predicted molar refractivity (Wildman–Crippen MR) is 183 cm³/mol. The zero-order valence-corrected chi connectivity index (χ0v) is 29.4. The van der Waals surface area contributed by atoms with Crippen molar-refractivity contribution in [2.75, 3.05) is 30.9 Å². The fourth-order valence-electron chi connectivity index (χ4n) is 5.08. The molecule has 3 heterocycles. The van der Waals surface area contributed by atoms with Gasteiger partial charge in [-0.1, -0.05) is 37.6 Å². The maximum absolute atomic E-state index is 13.6. The zero-order valence-electron chi connectivity index (χ0n) is 28.6. The lowest BCUT2D eigenvalue weighted by atomic mass is 9.91. The first-order valence-electron chi connectivity index (χ1n) is 15.5. The van der Waals surface area contributed by atoms with Gasteiger partial charge in [-0.05, 0) is 57.4 Å². The van der Waals surface area contributed by atoms with E-state index in [-0.39, 0.29) is 47.2 Å². The molecule has 0 amide bonds. The van der Waals surface area contributed by atoms with Crippen LogP contribution in [0, 0.1) is 11.3 Å². The van der Waals surface area contributed by atoms with Crippen molar-refractivity contribution in [3.8, 4) is 17.6 Å². The van der Waals surface area contributed by atoms with E-state index in [4.69, 9.17) is 30.9 Å². The summed E-state index contributed by atoms with van der Waals surface area (Å²) >= 11 is 6.28. The second-order valence-corrected chi connectivity index (χ2v) is 12.7. The van der Waals surface area contributed by atoms with Crippen LogP contribution in [0.4, 0.5) is 11.6 Å². The quantitative estimate of drug-likeness (QED) is 0.187. The average molecular weight is 691 g/mol. The maximum atomic E-state index is 13.6. The number of nitriles is 1. The number of aromatic nitrogens is 5. The number of anilines is 2. The van der Waals surface area contributed by atoms with Crippen LogP contribution in [0.2, 0.25) is 5.02 Å². The van der Waals surface area contributed by atoms with Crippen LogP contribution in [-0.4, -0.2) is 62.1 Å². The summed E-state index contributed by atoms with van der Waals surface area (Å²) in [7, 11) is 3.01. The third-order valence-corrected chi connectivity index (χ3v) is 7.33. The van der Waals surface area contributed by atoms with Crippen molar-refractivity contribution in [3.63, 3.8) is 0 Å². The molecule has 258 valence electrons. The highest BCUT2D eigenvalue weighted by atomic mass is 35.5. The second-order valence-electron chi connectivity index (χ2n) is 12.3. The van der Waals surface area contributed by atoms with Crippen LogP contribution in [0.15, 0.2) is 47.5 Å². The molecule has 0 aliphatic rings. The largest absolute Gasteiger partial charge is 0.479 e. The molecule has 0 saturated heterocycles. The molecule has 0 aliphatic heterocycles. The first-order chi connectivity index (χ1) is 23.2. The number of hydrogen-bond donors (Lipinski definition) is 2. The Kier molecular flexibility index (Phi) is 11.3. The van der Waals surface area contributed by atoms with E-state index in [0.29, 0.717) is 33.8 Å². The summed E-state index contributed by atoms with van der Waals surface area (Å²) in [6.45, 7) is 10.8. The van der Waals surface area contributed by atoms with Gasteiger partial charge in [0, 0.05) is 18.8 Å². The Balaban J connectivity index is 1.93. The van der Waals surface area contributed by atoms with Crippen LogP contribution in [0.5, 0.6) is 5.88 Å². The Labute approximate surface area is 289 Å². The summed E-state index contributed by atoms with van der Waals surface area (Å²) in [5.41, 5.74) is 1.97. The molecule has 4 rings (SSSR count). The summed E-state index contributed by atoms with van der Waals surface area (Å²) < 4.78 is 19.4. The molecule has 1 atom stereocenters. The summed E-state index contributed by atoms with van der Waals surface area (Å²) in [6.07, 6.45) is 3.06. The van der Waals surface area contributed by atoms with Crippen molar-refractivity contribution in [2.45, 2.75) is 59.1 Å². The molecule has 14 nitrogen and oxygen atoms in total. The number of esters is 2. The molecule has 0 spiro atoms. The predicted octanol–water partition coefficient (Wildman–Crippen LogP) is 5.15. The van der Waals surface area contributed by atoms with E-state index in [1.54, 1.807) is 65.2 Å². The number of nitrogens with zero attached hydrogens (tertiary/aromatic N) is 6. The van der Waals surface area contributed by atoms with Crippen LogP contribution >= 0.6 is 11.6 Å². The van der Waals surface area contributed by atoms with Crippen LogP contribution in [0.3, 0.4) is 0 Å². The molecule has 0 aliphatic carbocycles. The molecule has 3 aromatic heterocycles. The standard InChI is InChI=1S/C34H39ClN8O6/c1-9-48-32(46)28-26(27(21-12-10-20(15-36)11-13-21)39-22-14-23(35)31(45)42(7)18-22)29(19(2)3)43(41-28)24-16-37-33(40-30(24)47-8)38-17-25(44)49-34(4,5)6/h10-14,16,18-19,27,39H,9,17H2,1-8H3,(H,37,38,40). The highest BCUT2D eigenvalue weighted by Gasteiger charge is 2.34. The summed E-state index contributed by atoms with van der Waals surface area (Å²) in [4.78, 5) is 47.1. The number of carbonyl (C=O) groups is 2. The van der Waals surface area contributed by atoms with Gasteiger partial charge in [0.05, 0.1) is 49.0 Å². The van der Waals surface area contributed by atoms with E-state index in [1.807, 2.05) is 13.8 Å². The minimum atomic E-state index is -0.756.